The molecule has 0 aliphatic carbocycles. The quantitative estimate of drug-likeness (QED) is 0.765. The fraction of sp³-hybridized carbons (Fsp3) is 0.538. The van der Waals surface area contributed by atoms with Gasteiger partial charge in [0, 0.05) is 18.0 Å². The fourth-order valence-corrected chi connectivity index (χ4v) is 2.07. The Bertz CT molecular complexity index is 361. The van der Waals surface area contributed by atoms with Crippen molar-refractivity contribution in [2.24, 2.45) is 11.7 Å². The third-order valence-electron chi connectivity index (χ3n) is 3.51. The van der Waals surface area contributed by atoms with Crippen LogP contribution in [0.2, 0.25) is 0 Å². The molecule has 1 heterocycles. The van der Waals surface area contributed by atoms with Crippen LogP contribution < -0.4 is 10.5 Å². The van der Waals surface area contributed by atoms with Crippen molar-refractivity contribution in [2.75, 3.05) is 0 Å². The van der Waals surface area contributed by atoms with E-state index < -0.39 is 0 Å². The normalized spacial score (nSPS) is 29.8. The number of para-hydroxylation sites is 1. The number of nitrogens with two attached hydrogens (primary N) is 1. The van der Waals surface area contributed by atoms with Crippen molar-refractivity contribution in [1.82, 2.24) is 0 Å². The number of hydrogen-bond donors (Lipinski definition) is 1. The smallest absolute Gasteiger partial charge is 0.124 e. The molecule has 2 N–H and O–H groups in total. The van der Waals surface area contributed by atoms with E-state index in [1.165, 1.54) is 0 Å². The molecule has 2 rings (SSSR count). The summed E-state index contributed by atoms with van der Waals surface area (Å²) < 4.78 is 6.07. The molecule has 1 aromatic carbocycles. The van der Waals surface area contributed by atoms with Crippen molar-refractivity contribution in [3.8, 4) is 5.75 Å². The molecule has 2 nitrogen and oxygen atoms in total. The van der Waals surface area contributed by atoms with E-state index in [0.29, 0.717) is 5.92 Å². The van der Waals surface area contributed by atoms with E-state index >= 15 is 0 Å². The lowest BCUT2D eigenvalue weighted by Crippen LogP contribution is -2.44. The maximum absolute atomic E-state index is 6.18. The van der Waals surface area contributed by atoms with Crippen LogP contribution in [0.5, 0.6) is 5.75 Å². The van der Waals surface area contributed by atoms with Gasteiger partial charge in [0.05, 0.1) is 0 Å². The minimum Gasteiger partial charge on any atom is -0.487 e. The average Bonchev–Trinajstić information content (AvgIpc) is 2.17. The first-order valence-electron chi connectivity index (χ1n) is 5.56. The zero-order chi connectivity index (χ0) is 11.1. The van der Waals surface area contributed by atoms with Crippen LogP contribution in [0.3, 0.4) is 0 Å². The van der Waals surface area contributed by atoms with Crippen LogP contribution in [0.25, 0.3) is 0 Å². The molecule has 2 atom stereocenters. The third-order valence-corrected chi connectivity index (χ3v) is 3.51. The van der Waals surface area contributed by atoms with Crippen molar-refractivity contribution in [2.45, 2.75) is 38.8 Å². The van der Waals surface area contributed by atoms with E-state index in [1.54, 1.807) is 0 Å². The Hall–Kier alpha value is -1.02. The molecule has 0 amide bonds. The number of fused-ring (bicyclic) bond motifs is 1. The highest BCUT2D eigenvalue weighted by molar-refractivity contribution is 5.38. The van der Waals surface area contributed by atoms with E-state index in [2.05, 4.69) is 26.8 Å². The molecular formula is C13H19NO. The lowest BCUT2D eigenvalue weighted by molar-refractivity contribution is 0.0108. The van der Waals surface area contributed by atoms with Gasteiger partial charge in [-0.05, 0) is 18.9 Å². The predicted molar refractivity (Wildman–Crippen MR) is 61.9 cm³/mol. The average molecular weight is 205 g/mol. The highest BCUT2D eigenvalue weighted by Crippen LogP contribution is 2.41. The van der Waals surface area contributed by atoms with Crippen molar-refractivity contribution >= 4 is 0 Å². The number of hydrogen-bond acceptors (Lipinski definition) is 2. The lowest BCUT2D eigenvalue weighted by atomic mass is 9.81. The van der Waals surface area contributed by atoms with Crippen molar-refractivity contribution in [1.29, 1.82) is 0 Å². The Balaban J connectivity index is 2.38. The van der Waals surface area contributed by atoms with Gasteiger partial charge in [0.1, 0.15) is 11.4 Å². The van der Waals surface area contributed by atoms with Gasteiger partial charge >= 0.3 is 0 Å². The van der Waals surface area contributed by atoms with E-state index in [-0.39, 0.29) is 11.6 Å². The molecule has 0 spiro atoms. The van der Waals surface area contributed by atoms with Crippen LogP contribution in [0.15, 0.2) is 24.3 Å². The summed E-state index contributed by atoms with van der Waals surface area (Å²) in [6, 6.07) is 8.18. The Morgan fingerprint density at radius 2 is 2.07 bits per heavy atom. The SMILES string of the molecule is CC(C)[C@@]1(C)C[C@@H](N)c2ccccc2O1. The number of ether oxygens (including phenoxy) is 1. The second-order valence-electron chi connectivity index (χ2n) is 4.92. The van der Waals surface area contributed by atoms with Gasteiger partial charge in [0.25, 0.3) is 0 Å². The molecule has 1 aromatic rings. The summed E-state index contributed by atoms with van der Waals surface area (Å²) in [5.74, 6) is 1.42. The first-order valence-corrected chi connectivity index (χ1v) is 5.56. The molecule has 2 heteroatoms. The molecule has 1 aliphatic heterocycles. The minimum atomic E-state index is -0.131. The molecule has 0 aromatic heterocycles. The van der Waals surface area contributed by atoms with Gasteiger partial charge in [-0.1, -0.05) is 32.0 Å². The summed E-state index contributed by atoms with van der Waals surface area (Å²) in [6.07, 6.45) is 0.891. The van der Waals surface area contributed by atoms with Crippen LogP contribution in [0.1, 0.15) is 38.8 Å². The van der Waals surface area contributed by atoms with Crippen molar-refractivity contribution in [3.05, 3.63) is 29.8 Å². The molecule has 0 radical (unpaired) electrons. The van der Waals surface area contributed by atoms with Gasteiger partial charge in [-0.25, -0.2) is 0 Å². The predicted octanol–water partition coefficient (Wildman–Crippen LogP) is 2.88. The molecule has 0 unspecified atom stereocenters. The summed E-state index contributed by atoms with van der Waals surface area (Å²) in [7, 11) is 0. The van der Waals surface area contributed by atoms with Gasteiger partial charge in [-0.15, -0.1) is 0 Å². The van der Waals surface area contributed by atoms with Gasteiger partial charge in [0.15, 0.2) is 0 Å². The molecule has 0 bridgehead atoms. The van der Waals surface area contributed by atoms with E-state index in [9.17, 15) is 0 Å². The Labute approximate surface area is 91.4 Å². The molecule has 0 saturated heterocycles. The Morgan fingerprint density at radius 1 is 1.40 bits per heavy atom. The van der Waals surface area contributed by atoms with Gasteiger partial charge in [-0.3, -0.25) is 0 Å². The van der Waals surface area contributed by atoms with E-state index in [0.717, 1.165) is 17.7 Å². The standard InChI is InChI=1S/C13H19NO/c1-9(2)13(3)8-11(14)10-6-4-5-7-12(10)15-13/h4-7,9,11H,8,14H2,1-3H3/t11-,13-/m1/s1. The topological polar surface area (TPSA) is 35.2 Å². The summed E-state index contributed by atoms with van der Waals surface area (Å²) >= 11 is 0. The largest absolute Gasteiger partial charge is 0.487 e. The molecule has 0 fully saturated rings. The molecule has 1 aliphatic rings. The molecular weight excluding hydrogens is 186 g/mol. The third kappa shape index (κ3) is 1.74. The van der Waals surface area contributed by atoms with Gasteiger partial charge < -0.3 is 10.5 Å². The fourth-order valence-electron chi connectivity index (χ4n) is 2.07. The first-order chi connectivity index (χ1) is 7.03. The highest BCUT2D eigenvalue weighted by atomic mass is 16.5. The van der Waals surface area contributed by atoms with Crippen LogP contribution in [0.4, 0.5) is 0 Å². The second kappa shape index (κ2) is 3.53. The van der Waals surface area contributed by atoms with Gasteiger partial charge in [-0.2, -0.15) is 0 Å². The van der Waals surface area contributed by atoms with Gasteiger partial charge in [0.2, 0.25) is 0 Å². The minimum absolute atomic E-state index is 0.0994. The monoisotopic (exact) mass is 205 g/mol. The van der Waals surface area contributed by atoms with Crippen molar-refractivity contribution < 1.29 is 4.74 Å². The highest BCUT2D eigenvalue weighted by Gasteiger charge is 2.38. The van der Waals surface area contributed by atoms with E-state index in [4.69, 9.17) is 10.5 Å². The summed E-state index contributed by atoms with van der Waals surface area (Å²) in [5, 5.41) is 0. The Morgan fingerprint density at radius 3 is 2.73 bits per heavy atom. The summed E-state index contributed by atoms with van der Waals surface area (Å²) in [6.45, 7) is 6.51. The lowest BCUT2D eigenvalue weighted by Gasteiger charge is -2.41. The van der Waals surface area contributed by atoms with E-state index in [1.807, 2.05) is 18.2 Å². The molecule has 82 valence electrons. The maximum atomic E-state index is 6.18. The second-order valence-corrected chi connectivity index (χ2v) is 4.92. The Kier molecular flexibility index (Phi) is 2.47. The first kappa shape index (κ1) is 10.5. The zero-order valence-electron chi connectivity index (χ0n) is 9.66. The summed E-state index contributed by atoms with van der Waals surface area (Å²) in [4.78, 5) is 0. The van der Waals surface area contributed by atoms with Crippen LogP contribution in [0, 0.1) is 5.92 Å². The number of rotatable bonds is 1. The van der Waals surface area contributed by atoms with Crippen molar-refractivity contribution in [3.63, 3.8) is 0 Å². The summed E-state index contributed by atoms with van der Waals surface area (Å²) in [5.41, 5.74) is 7.18. The molecule has 0 saturated carbocycles. The van der Waals surface area contributed by atoms with Crippen LogP contribution in [-0.4, -0.2) is 5.60 Å². The maximum Gasteiger partial charge on any atom is 0.124 e. The van der Waals surface area contributed by atoms with Crippen LogP contribution in [-0.2, 0) is 0 Å². The van der Waals surface area contributed by atoms with Crippen LogP contribution >= 0.6 is 0 Å². The zero-order valence-corrected chi connectivity index (χ0v) is 9.66. The number of benzene rings is 1. The molecule has 15 heavy (non-hydrogen) atoms.